The summed E-state index contributed by atoms with van der Waals surface area (Å²) in [5.41, 5.74) is 0.436. The molecule has 0 amide bonds. The van der Waals surface area contributed by atoms with Crippen molar-refractivity contribution >= 4 is 11.6 Å². The quantitative estimate of drug-likeness (QED) is 0.449. The van der Waals surface area contributed by atoms with Crippen LogP contribution in [0.4, 0.5) is 0 Å². The summed E-state index contributed by atoms with van der Waals surface area (Å²) in [5.74, 6) is 1.62. The number of carbonyl (C=O) groups is 2. The lowest BCUT2D eigenvalue weighted by molar-refractivity contribution is -0.147. The van der Waals surface area contributed by atoms with Crippen LogP contribution in [0.2, 0.25) is 0 Å². The van der Waals surface area contributed by atoms with E-state index in [-0.39, 0.29) is 51.1 Å². The number of rotatable bonds is 2. The van der Waals surface area contributed by atoms with Crippen molar-refractivity contribution in [2.45, 2.75) is 92.9 Å². The first-order valence-electron chi connectivity index (χ1n) is 14.5. The number of nitrogens with zero attached hydrogens (tertiary/aromatic N) is 3. The number of aromatic nitrogens is 2. The molecule has 1 aromatic heterocycles. The van der Waals surface area contributed by atoms with Gasteiger partial charge in [0, 0.05) is 23.2 Å². The molecule has 38 heavy (non-hydrogen) atoms. The zero-order chi connectivity index (χ0) is 27.3. The average molecular weight is 516 g/mol. The smallest absolute Gasteiger partial charge is 0.216 e. The van der Waals surface area contributed by atoms with Gasteiger partial charge in [-0.1, -0.05) is 53.2 Å². The molecule has 6 nitrogen and oxygen atoms in total. The number of ketones is 2. The highest BCUT2D eigenvalue weighted by molar-refractivity contribution is 6.04. The van der Waals surface area contributed by atoms with Gasteiger partial charge in [-0.2, -0.15) is 5.26 Å². The van der Waals surface area contributed by atoms with E-state index in [2.05, 4.69) is 44.0 Å². The fourth-order valence-corrected chi connectivity index (χ4v) is 10.2. The molecule has 6 rings (SSSR count). The largest absolute Gasteiger partial charge is 0.428 e. The van der Waals surface area contributed by atoms with E-state index in [4.69, 9.17) is 4.42 Å². The maximum atomic E-state index is 14.3. The molecule has 0 bridgehead atoms. The summed E-state index contributed by atoms with van der Waals surface area (Å²) in [6, 6.07) is 2.19. The van der Waals surface area contributed by atoms with E-state index in [1.54, 1.807) is 0 Å². The molecule has 5 aliphatic carbocycles. The number of fused-ring (bicyclic) bond motifs is 7. The Morgan fingerprint density at radius 1 is 1.03 bits per heavy atom. The highest BCUT2D eigenvalue weighted by atomic mass is 16.4. The minimum atomic E-state index is -0.623. The fraction of sp³-hybridized carbons (Fsp3) is 0.719. The summed E-state index contributed by atoms with van der Waals surface area (Å²) in [4.78, 5) is 27.5. The summed E-state index contributed by atoms with van der Waals surface area (Å²) in [6.45, 7) is 13.3. The van der Waals surface area contributed by atoms with Gasteiger partial charge in [-0.3, -0.25) is 9.59 Å². The second kappa shape index (κ2) is 7.99. The third-order valence-corrected chi connectivity index (χ3v) is 12.4. The second-order valence-electron chi connectivity index (χ2n) is 14.9. The molecule has 202 valence electrons. The van der Waals surface area contributed by atoms with Gasteiger partial charge in [0.15, 0.2) is 11.6 Å². The Morgan fingerprint density at radius 2 is 1.79 bits per heavy atom. The van der Waals surface area contributed by atoms with E-state index in [1.807, 2.05) is 26.0 Å². The molecule has 5 aliphatic rings. The second-order valence-corrected chi connectivity index (χ2v) is 14.9. The van der Waals surface area contributed by atoms with Crippen LogP contribution in [0.25, 0.3) is 0 Å². The van der Waals surface area contributed by atoms with E-state index in [0.29, 0.717) is 11.8 Å². The lowest BCUT2D eigenvalue weighted by Crippen LogP contribution is -2.60. The molecule has 0 radical (unpaired) electrons. The number of allylic oxidation sites excluding steroid dienone is 4. The molecule has 8 atom stereocenters. The molecule has 0 aliphatic heterocycles. The zero-order valence-corrected chi connectivity index (χ0v) is 23.8. The third-order valence-electron chi connectivity index (χ3n) is 12.4. The van der Waals surface area contributed by atoms with Crippen molar-refractivity contribution in [2.75, 3.05) is 0 Å². The molecule has 7 unspecified atom stereocenters. The average Bonchev–Trinajstić information content (AvgIpc) is 3.36. The molecule has 6 heteroatoms. The molecule has 0 N–H and O–H groups in total. The normalized spacial score (nSPS) is 45.5. The lowest BCUT2D eigenvalue weighted by Gasteiger charge is -2.65. The summed E-state index contributed by atoms with van der Waals surface area (Å²) in [7, 11) is 0. The Labute approximate surface area is 226 Å². The van der Waals surface area contributed by atoms with Gasteiger partial charge in [0.05, 0.1) is 5.57 Å². The summed E-state index contributed by atoms with van der Waals surface area (Å²) in [6.07, 6.45) is 13.4. The van der Waals surface area contributed by atoms with Crippen LogP contribution >= 0.6 is 0 Å². The molecule has 1 aromatic rings. The highest BCUT2D eigenvalue weighted by Crippen LogP contribution is 2.70. The minimum Gasteiger partial charge on any atom is -0.428 e. The molecule has 1 heterocycles. The Bertz CT molecular complexity index is 1300. The van der Waals surface area contributed by atoms with Crippen LogP contribution in [0.1, 0.15) is 92.4 Å². The highest BCUT2D eigenvalue weighted by Gasteiger charge is 2.65. The van der Waals surface area contributed by atoms with Gasteiger partial charge >= 0.3 is 0 Å². The van der Waals surface area contributed by atoms with E-state index in [1.165, 1.54) is 12.0 Å². The Hall–Kier alpha value is -2.55. The fourth-order valence-electron chi connectivity index (χ4n) is 10.2. The number of Topliss-reactive ketones (excluding diaryl/α,β-unsaturated/α-hetero) is 1. The SMILES string of the molecule is CC12CCC3C(C(=O)C=C4C5(C)C=C(C#N)C(=O)C(C)(C)C5CCC43C)C1C[C@@](C)(Cc1nnco1)CC2. The lowest BCUT2D eigenvalue weighted by atomic mass is 9.38. The summed E-state index contributed by atoms with van der Waals surface area (Å²) >= 11 is 0. The van der Waals surface area contributed by atoms with Crippen molar-refractivity contribution in [1.29, 1.82) is 5.26 Å². The van der Waals surface area contributed by atoms with E-state index in [9.17, 15) is 14.9 Å². The maximum absolute atomic E-state index is 14.3. The van der Waals surface area contributed by atoms with Gasteiger partial charge in [0.25, 0.3) is 0 Å². The van der Waals surface area contributed by atoms with Crippen LogP contribution in [0.5, 0.6) is 0 Å². The van der Waals surface area contributed by atoms with Crippen molar-refractivity contribution < 1.29 is 14.0 Å². The van der Waals surface area contributed by atoms with Crippen LogP contribution in [0.3, 0.4) is 0 Å². The van der Waals surface area contributed by atoms with Gasteiger partial charge in [-0.15, -0.1) is 10.2 Å². The van der Waals surface area contributed by atoms with Crippen molar-refractivity contribution in [3.05, 3.63) is 35.6 Å². The number of nitriles is 1. The number of hydrogen-bond donors (Lipinski definition) is 0. The summed E-state index contributed by atoms with van der Waals surface area (Å²) in [5, 5.41) is 17.9. The first-order chi connectivity index (χ1) is 17.8. The molecular formula is C32H41N3O3. The van der Waals surface area contributed by atoms with Gasteiger partial charge in [-0.05, 0) is 85.0 Å². The van der Waals surface area contributed by atoms with Gasteiger partial charge in [0.2, 0.25) is 12.3 Å². The van der Waals surface area contributed by atoms with Gasteiger partial charge in [0.1, 0.15) is 6.07 Å². The van der Waals surface area contributed by atoms with Crippen LogP contribution in [-0.4, -0.2) is 21.8 Å². The van der Waals surface area contributed by atoms with Gasteiger partial charge < -0.3 is 4.42 Å². The molecular weight excluding hydrogens is 474 g/mol. The maximum Gasteiger partial charge on any atom is 0.216 e. The number of hydrogen-bond acceptors (Lipinski definition) is 6. The first-order valence-corrected chi connectivity index (χ1v) is 14.5. The predicted molar refractivity (Wildman–Crippen MR) is 142 cm³/mol. The van der Waals surface area contributed by atoms with Crippen LogP contribution in [-0.2, 0) is 16.0 Å². The Balaban J connectivity index is 1.41. The molecule has 0 aromatic carbocycles. The molecule has 0 saturated heterocycles. The van der Waals surface area contributed by atoms with Crippen molar-refractivity contribution in [1.82, 2.24) is 10.2 Å². The molecule has 3 fully saturated rings. The van der Waals surface area contributed by atoms with E-state index in [0.717, 1.165) is 51.4 Å². The van der Waals surface area contributed by atoms with Crippen LogP contribution in [0.15, 0.2) is 34.1 Å². The zero-order valence-electron chi connectivity index (χ0n) is 23.8. The van der Waals surface area contributed by atoms with Crippen LogP contribution in [0, 0.1) is 62.1 Å². The Morgan fingerprint density at radius 3 is 2.47 bits per heavy atom. The molecule has 3 saturated carbocycles. The van der Waals surface area contributed by atoms with Crippen molar-refractivity contribution in [3.63, 3.8) is 0 Å². The molecule has 0 spiro atoms. The third kappa shape index (κ3) is 3.36. The van der Waals surface area contributed by atoms with Crippen LogP contribution < -0.4 is 0 Å². The minimum absolute atomic E-state index is 0.0163. The predicted octanol–water partition coefficient (Wildman–Crippen LogP) is 6.44. The Kier molecular flexibility index (Phi) is 5.41. The summed E-state index contributed by atoms with van der Waals surface area (Å²) < 4.78 is 5.53. The van der Waals surface area contributed by atoms with Gasteiger partial charge in [-0.25, -0.2) is 0 Å². The number of carbonyl (C=O) groups excluding carboxylic acids is 2. The van der Waals surface area contributed by atoms with Crippen molar-refractivity contribution in [3.8, 4) is 6.07 Å². The monoisotopic (exact) mass is 515 g/mol. The van der Waals surface area contributed by atoms with E-state index >= 15 is 0 Å². The van der Waals surface area contributed by atoms with Crippen molar-refractivity contribution in [2.24, 2.45) is 50.7 Å². The standard InChI is InChI=1S/C32H41N3O3/c1-28(2)23-8-10-31(5)20-7-9-30(4)12-11-29(3,16-25-35-34-18-38-25)15-21(30)26(20)22(36)13-24(31)32(23,6)14-19(17-33)27(28)37/h13-14,18,20-21,23,26H,7-12,15-16H2,1-6H3/t20?,21?,23?,26?,29-,30?,31?,32?/m0/s1. The van der Waals surface area contributed by atoms with E-state index < -0.39 is 10.8 Å². The first kappa shape index (κ1) is 25.7. The topological polar surface area (TPSA) is 96.8 Å².